The zero-order valence-corrected chi connectivity index (χ0v) is 10.6. The van der Waals surface area contributed by atoms with Gasteiger partial charge in [-0.3, -0.25) is 0 Å². The molecule has 0 radical (unpaired) electrons. The number of hydrogen-bond donors (Lipinski definition) is 1. The molecule has 2 rings (SSSR count). The second-order valence-electron chi connectivity index (χ2n) is 6.35. The lowest BCUT2D eigenvalue weighted by Crippen LogP contribution is -2.44. The second-order valence-corrected chi connectivity index (χ2v) is 6.35. The molecule has 1 saturated carbocycles. The van der Waals surface area contributed by atoms with E-state index in [1.54, 1.807) is 0 Å². The highest BCUT2D eigenvalue weighted by Gasteiger charge is 2.32. The smallest absolute Gasteiger partial charge is 0.00940 e. The number of nitrogens with one attached hydrogen (secondary N) is 1. The summed E-state index contributed by atoms with van der Waals surface area (Å²) in [6.07, 6.45) is 6.84. The van der Waals surface area contributed by atoms with Crippen molar-refractivity contribution in [2.24, 2.45) is 5.41 Å². The molecule has 1 heterocycles. The predicted molar refractivity (Wildman–Crippen MR) is 65.1 cm³/mol. The first-order chi connectivity index (χ1) is 7.05. The van der Waals surface area contributed by atoms with Crippen LogP contribution in [0.25, 0.3) is 0 Å². The Balaban J connectivity index is 1.74. The van der Waals surface area contributed by atoms with Crippen molar-refractivity contribution in [2.45, 2.75) is 58.0 Å². The van der Waals surface area contributed by atoms with E-state index >= 15 is 0 Å². The van der Waals surface area contributed by atoms with E-state index in [9.17, 15) is 0 Å². The van der Waals surface area contributed by atoms with Gasteiger partial charge in [0, 0.05) is 12.1 Å². The van der Waals surface area contributed by atoms with Crippen molar-refractivity contribution in [1.29, 1.82) is 0 Å². The maximum absolute atomic E-state index is 3.87. The summed E-state index contributed by atoms with van der Waals surface area (Å²) in [5, 5.41) is 3.87. The van der Waals surface area contributed by atoms with Crippen LogP contribution in [-0.4, -0.2) is 37.1 Å². The molecule has 1 aliphatic carbocycles. The minimum Gasteiger partial charge on any atom is -0.311 e. The lowest BCUT2D eigenvalue weighted by Gasteiger charge is -2.32. The Kier molecular flexibility index (Phi) is 3.36. The summed E-state index contributed by atoms with van der Waals surface area (Å²) in [6, 6.07) is 1.59. The van der Waals surface area contributed by atoms with Crippen molar-refractivity contribution >= 4 is 0 Å². The summed E-state index contributed by atoms with van der Waals surface area (Å²) in [4.78, 5) is 2.44. The van der Waals surface area contributed by atoms with Gasteiger partial charge in [-0.1, -0.05) is 13.8 Å². The zero-order valence-electron chi connectivity index (χ0n) is 10.6. The lowest BCUT2D eigenvalue weighted by molar-refractivity contribution is 0.221. The molecule has 15 heavy (non-hydrogen) atoms. The van der Waals surface area contributed by atoms with Crippen molar-refractivity contribution in [3.05, 3.63) is 0 Å². The third-order valence-corrected chi connectivity index (χ3v) is 4.16. The topological polar surface area (TPSA) is 15.3 Å². The summed E-state index contributed by atoms with van der Waals surface area (Å²) in [6.45, 7) is 7.36. The molecule has 0 spiro atoms. The van der Waals surface area contributed by atoms with Crippen molar-refractivity contribution in [3.63, 3.8) is 0 Å². The average Bonchev–Trinajstić information content (AvgIpc) is 2.50. The van der Waals surface area contributed by atoms with Gasteiger partial charge >= 0.3 is 0 Å². The van der Waals surface area contributed by atoms with Gasteiger partial charge in [-0.15, -0.1) is 0 Å². The molecule has 1 unspecified atom stereocenters. The number of rotatable bonds is 2. The Morgan fingerprint density at radius 3 is 2.27 bits per heavy atom. The van der Waals surface area contributed by atoms with E-state index in [0.717, 1.165) is 12.1 Å². The SMILES string of the molecule is CN1CCC(NC2CCC(C)(C)C2)CC1. The Bertz CT molecular complexity index is 205. The third kappa shape index (κ3) is 3.18. The summed E-state index contributed by atoms with van der Waals surface area (Å²) in [5.74, 6) is 0. The van der Waals surface area contributed by atoms with Crippen molar-refractivity contribution < 1.29 is 0 Å². The largest absolute Gasteiger partial charge is 0.311 e. The van der Waals surface area contributed by atoms with E-state index < -0.39 is 0 Å². The average molecular weight is 210 g/mol. The zero-order chi connectivity index (χ0) is 10.9. The van der Waals surface area contributed by atoms with E-state index in [-0.39, 0.29) is 0 Å². The molecule has 0 amide bonds. The van der Waals surface area contributed by atoms with Gasteiger partial charge in [-0.2, -0.15) is 0 Å². The van der Waals surface area contributed by atoms with Gasteiger partial charge < -0.3 is 10.2 Å². The number of hydrogen-bond acceptors (Lipinski definition) is 2. The van der Waals surface area contributed by atoms with E-state index in [4.69, 9.17) is 0 Å². The molecule has 0 bridgehead atoms. The van der Waals surface area contributed by atoms with Crippen molar-refractivity contribution in [1.82, 2.24) is 10.2 Å². The van der Waals surface area contributed by atoms with E-state index in [1.807, 2.05) is 0 Å². The van der Waals surface area contributed by atoms with Gasteiger partial charge in [0.15, 0.2) is 0 Å². The van der Waals surface area contributed by atoms with Gasteiger partial charge in [-0.25, -0.2) is 0 Å². The molecule has 1 saturated heterocycles. The van der Waals surface area contributed by atoms with E-state index in [0.29, 0.717) is 5.41 Å². The first-order valence-electron chi connectivity index (χ1n) is 6.50. The van der Waals surface area contributed by atoms with Gasteiger partial charge in [0.25, 0.3) is 0 Å². The van der Waals surface area contributed by atoms with Crippen molar-refractivity contribution in [3.8, 4) is 0 Å². The highest BCUT2D eigenvalue weighted by molar-refractivity contribution is 4.89. The Morgan fingerprint density at radius 2 is 1.73 bits per heavy atom. The minimum atomic E-state index is 0.586. The molecule has 0 aromatic heterocycles. The summed E-state index contributed by atoms with van der Waals surface area (Å²) >= 11 is 0. The number of piperidine rings is 1. The van der Waals surface area contributed by atoms with Crippen LogP contribution >= 0.6 is 0 Å². The molecular formula is C13H26N2. The normalized spacial score (nSPS) is 33.4. The fraction of sp³-hybridized carbons (Fsp3) is 1.00. The van der Waals surface area contributed by atoms with Crippen LogP contribution in [0.4, 0.5) is 0 Å². The quantitative estimate of drug-likeness (QED) is 0.752. The van der Waals surface area contributed by atoms with E-state index in [2.05, 4.69) is 31.1 Å². The van der Waals surface area contributed by atoms with Crippen LogP contribution in [-0.2, 0) is 0 Å². The molecule has 2 heteroatoms. The van der Waals surface area contributed by atoms with Crippen LogP contribution in [0.5, 0.6) is 0 Å². The molecule has 2 fully saturated rings. The molecule has 0 aromatic carbocycles. The molecule has 1 N–H and O–H groups in total. The second kappa shape index (κ2) is 4.42. The van der Waals surface area contributed by atoms with E-state index in [1.165, 1.54) is 45.2 Å². The lowest BCUT2D eigenvalue weighted by atomic mass is 9.91. The minimum absolute atomic E-state index is 0.586. The fourth-order valence-corrected chi connectivity index (χ4v) is 3.09. The van der Waals surface area contributed by atoms with Crippen LogP contribution in [0.3, 0.4) is 0 Å². The third-order valence-electron chi connectivity index (χ3n) is 4.16. The molecule has 2 nitrogen and oxygen atoms in total. The molecule has 2 aliphatic rings. The monoisotopic (exact) mass is 210 g/mol. The van der Waals surface area contributed by atoms with Gasteiger partial charge in [0.2, 0.25) is 0 Å². The summed E-state index contributed by atoms with van der Waals surface area (Å²) in [5.41, 5.74) is 0.586. The summed E-state index contributed by atoms with van der Waals surface area (Å²) in [7, 11) is 2.23. The molecule has 1 aliphatic heterocycles. The summed E-state index contributed by atoms with van der Waals surface area (Å²) < 4.78 is 0. The predicted octanol–water partition coefficient (Wildman–Crippen LogP) is 2.25. The Labute approximate surface area is 94.4 Å². The Morgan fingerprint density at radius 1 is 1.07 bits per heavy atom. The van der Waals surface area contributed by atoms with Crippen molar-refractivity contribution in [2.75, 3.05) is 20.1 Å². The van der Waals surface area contributed by atoms with Crippen LogP contribution in [0.1, 0.15) is 46.0 Å². The highest BCUT2D eigenvalue weighted by atomic mass is 15.1. The first kappa shape index (κ1) is 11.4. The van der Waals surface area contributed by atoms with Crippen LogP contribution in [0.15, 0.2) is 0 Å². The fourth-order valence-electron chi connectivity index (χ4n) is 3.09. The Hall–Kier alpha value is -0.0800. The maximum Gasteiger partial charge on any atom is 0.00940 e. The molecule has 88 valence electrons. The standard InChI is InChI=1S/C13H26N2/c1-13(2)7-4-12(10-13)14-11-5-8-15(3)9-6-11/h11-12,14H,4-10H2,1-3H3. The van der Waals surface area contributed by atoms with Crippen LogP contribution in [0.2, 0.25) is 0 Å². The first-order valence-corrected chi connectivity index (χ1v) is 6.50. The molecular weight excluding hydrogens is 184 g/mol. The number of likely N-dealkylation sites (tertiary alicyclic amines) is 1. The van der Waals surface area contributed by atoms with Gasteiger partial charge in [0.1, 0.15) is 0 Å². The molecule has 0 aromatic rings. The molecule has 1 atom stereocenters. The van der Waals surface area contributed by atoms with Gasteiger partial charge in [-0.05, 0) is 57.7 Å². The highest BCUT2D eigenvalue weighted by Crippen LogP contribution is 2.37. The van der Waals surface area contributed by atoms with Crippen LogP contribution < -0.4 is 5.32 Å². The maximum atomic E-state index is 3.87. The van der Waals surface area contributed by atoms with Gasteiger partial charge in [0.05, 0.1) is 0 Å². The van der Waals surface area contributed by atoms with Crippen LogP contribution in [0, 0.1) is 5.41 Å². The number of nitrogens with zero attached hydrogens (tertiary/aromatic N) is 1.